The van der Waals surface area contributed by atoms with Gasteiger partial charge in [0.05, 0.1) is 5.41 Å². The van der Waals surface area contributed by atoms with Gasteiger partial charge in [-0.05, 0) is 66.3 Å². The van der Waals surface area contributed by atoms with E-state index in [1.54, 1.807) is 58.3 Å². The van der Waals surface area contributed by atoms with Crippen LogP contribution in [0.4, 0.5) is 5.69 Å². The third-order valence-electron chi connectivity index (χ3n) is 9.15. The molecule has 48 heavy (non-hydrogen) atoms. The Balaban J connectivity index is 1.44. The van der Waals surface area contributed by atoms with Crippen LogP contribution < -0.4 is 15.5 Å². The summed E-state index contributed by atoms with van der Waals surface area (Å²) in [6.45, 7) is 3.19. The van der Waals surface area contributed by atoms with Gasteiger partial charge in [-0.2, -0.15) is 0 Å². The minimum atomic E-state index is -1.29. The molecule has 1 saturated heterocycles. The van der Waals surface area contributed by atoms with Gasteiger partial charge >= 0.3 is 5.97 Å². The normalized spacial score (nSPS) is 18.9. The first-order chi connectivity index (χ1) is 23.0. The van der Waals surface area contributed by atoms with Gasteiger partial charge in [0.15, 0.2) is 0 Å². The lowest BCUT2D eigenvalue weighted by Gasteiger charge is -2.31. The number of nitrogens with one attached hydrogen (secondary N) is 2. The molecule has 2 fully saturated rings. The fraction of sp³-hybridized carbons (Fsp3) is 0.324. The molecular formula is C37H39ClN4O6. The number of amides is 4. The van der Waals surface area contributed by atoms with Crippen LogP contribution >= 0.6 is 11.6 Å². The highest BCUT2D eigenvalue weighted by molar-refractivity contribution is 6.30. The number of aliphatic carboxylic acids is 1. The Labute approximate surface area is 284 Å². The van der Waals surface area contributed by atoms with E-state index in [0.717, 1.165) is 18.4 Å². The zero-order chi connectivity index (χ0) is 34.4. The molecule has 4 amide bonds. The van der Waals surface area contributed by atoms with Gasteiger partial charge in [0.25, 0.3) is 5.91 Å². The lowest BCUT2D eigenvalue weighted by molar-refractivity contribution is -0.137. The largest absolute Gasteiger partial charge is 0.477 e. The highest BCUT2D eigenvalue weighted by Crippen LogP contribution is 2.42. The molecule has 0 spiro atoms. The van der Waals surface area contributed by atoms with E-state index in [4.69, 9.17) is 11.6 Å². The summed E-state index contributed by atoms with van der Waals surface area (Å²) in [5, 5.41) is 15.9. The van der Waals surface area contributed by atoms with Gasteiger partial charge in [-0.1, -0.05) is 79.0 Å². The van der Waals surface area contributed by atoms with E-state index in [1.807, 2.05) is 30.3 Å². The summed E-state index contributed by atoms with van der Waals surface area (Å²) in [5.41, 5.74) is 1.60. The Morgan fingerprint density at radius 1 is 0.938 bits per heavy atom. The first-order valence-corrected chi connectivity index (χ1v) is 16.4. The number of hydrogen-bond donors (Lipinski definition) is 3. The van der Waals surface area contributed by atoms with Gasteiger partial charge in [0.1, 0.15) is 17.9 Å². The topological polar surface area (TPSA) is 136 Å². The van der Waals surface area contributed by atoms with Crippen molar-refractivity contribution in [3.63, 3.8) is 0 Å². The van der Waals surface area contributed by atoms with Crippen LogP contribution in [0.15, 0.2) is 84.6 Å². The summed E-state index contributed by atoms with van der Waals surface area (Å²) in [6, 6.07) is 22.5. The first kappa shape index (κ1) is 34.4. The Kier molecular flexibility index (Phi) is 10.6. The van der Waals surface area contributed by atoms with Crippen molar-refractivity contribution in [2.24, 2.45) is 5.41 Å². The zero-order valence-electron chi connectivity index (χ0n) is 26.9. The fourth-order valence-corrected chi connectivity index (χ4v) is 6.87. The summed E-state index contributed by atoms with van der Waals surface area (Å²) in [7, 11) is 0. The van der Waals surface area contributed by atoms with E-state index in [0.29, 0.717) is 54.1 Å². The molecule has 2 atom stereocenters. The van der Waals surface area contributed by atoms with E-state index >= 15 is 0 Å². The van der Waals surface area contributed by atoms with E-state index < -0.39 is 23.6 Å². The van der Waals surface area contributed by atoms with Gasteiger partial charge in [-0.3, -0.25) is 24.1 Å². The first-order valence-electron chi connectivity index (χ1n) is 16.0. The third kappa shape index (κ3) is 7.60. The lowest BCUT2D eigenvalue weighted by atomic mass is 9.81. The van der Waals surface area contributed by atoms with Gasteiger partial charge in [0.2, 0.25) is 17.7 Å². The molecule has 2 unspecified atom stereocenters. The number of anilines is 1. The quantitative estimate of drug-likeness (QED) is 0.232. The standard InChI is InChI=1S/C37H39ClN4O6/c1-24(43)39-21-20-37(18-6-7-19-37)36(48)40-31(35(46)47)22-27-10-16-30(17-11-27)42-33(28-12-14-29(38)15-13-28)41(25(2)44)32(34(42)45)23-26-8-4-3-5-9-26/h3-5,8-17,22,32-33H,6-7,18-21,23H2,1-2H3,(H,39,43)(H,40,48)(H,46,47)/b31-22-. The Morgan fingerprint density at radius 3 is 2.17 bits per heavy atom. The van der Waals surface area contributed by atoms with Crippen LogP contribution in [0.2, 0.25) is 5.02 Å². The van der Waals surface area contributed by atoms with Crippen molar-refractivity contribution in [2.75, 3.05) is 11.4 Å². The highest BCUT2D eigenvalue weighted by atomic mass is 35.5. The maximum atomic E-state index is 14.2. The number of nitrogens with zero attached hydrogens (tertiary/aromatic N) is 2. The summed E-state index contributed by atoms with van der Waals surface area (Å²) in [6.07, 6.45) is 4.30. The molecule has 2 aliphatic rings. The molecule has 0 radical (unpaired) electrons. The second-order valence-corrected chi connectivity index (χ2v) is 12.8. The monoisotopic (exact) mass is 670 g/mol. The molecule has 250 valence electrons. The molecule has 0 aromatic heterocycles. The molecular weight excluding hydrogens is 632 g/mol. The molecule has 1 heterocycles. The van der Waals surface area contributed by atoms with Crippen LogP contribution in [0, 0.1) is 5.41 Å². The van der Waals surface area contributed by atoms with Crippen molar-refractivity contribution in [2.45, 2.75) is 64.6 Å². The van der Waals surface area contributed by atoms with Crippen molar-refractivity contribution < 1.29 is 29.1 Å². The maximum absolute atomic E-state index is 14.2. The minimum Gasteiger partial charge on any atom is -0.477 e. The van der Waals surface area contributed by atoms with E-state index in [1.165, 1.54) is 19.9 Å². The Hall–Kier alpha value is -4.96. The fourth-order valence-electron chi connectivity index (χ4n) is 6.75. The van der Waals surface area contributed by atoms with Crippen LogP contribution in [-0.2, 0) is 30.4 Å². The molecule has 3 aromatic rings. The van der Waals surface area contributed by atoms with Crippen molar-refractivity contribution >= 4 is 53.0 Å². The third-order valence-corrected chi connectivity index (χ3v) is 9.40. The second-order valence-electron chi connectivity index (χ2n) is 12.4. The van der Waals surface area contributed by atoms with Crippen LogP contribution in [0.1, 0.15) is 68.8 Å². The van der Waals surface area contributed by atoms with Crippen molar-refractivity contribution in [1.29, 1.82) is 0 Å². The lowest BCUT2D eigenvalue weighted by Crippen LogP contribution is -2.42. The Bertz CT molecular complexity index is 1700. The molecule has 1 saturated carbocycles. The van der Waals surface area contributed by atoms with E-state index in [9.17, 15) is 29.1 Å². The SMILES string of the molecule is CC(=O)NCCC1(C(=O)N/C(=C\c2ccc(N3C(=O)C(Cc4ccccc4)N(C(C)=O)C3c3ccc(Cl)cc3)cc2)C(=O)O)CCCC1. The molecule has 3 N–H and O–H groups in total. The smallest absolute Gasteiger partial charge is 0.352 e. The number of carboxylic acid groups (broad SMARTS) is 1. The van der Waals surface area contributed by atoms with Crippen molar-refractivity contribution in [1.82, 2.24) is 15.5 Å². The molecule has 10 nitrogen and oxygen atoms in total. The minimum absolute atomic E-state index is 0.186. The number of halogens is 1. The molecule has 3 aromatic carbocycles. The molecule has 11 heteroatoms. The summed E-state index contributed by atoms with van der Waals surface area (Å²) in [5.74, 6) is -2.37. The molecule has 5 rings (SSSR count). The Morgan fingerprint density at radius 2 is 1.58 bits per heavy atom. The van der Waals surface area contributed by atoms with Gasteiger partial charge in [-0.25, -0.2) is 4.79 Å². The van der Waals surface area contributed by atoms with Crippen molar-refractivity contribution in [3.05, 3.63) is 106 Å². The number of rotatable bonds is 11. The average Bonchev–Trinajstić information content (AvgIpc) is 3.65. The van der Waals surface area contributed by atoms with Gasteiger partial charge in [-0.15, -0.1) is 0 Å². The summed E-state index contributed by atoms with van der Waals surface area (Å²) < 4.78 is 0. The predicted octanol–water partition coefficient (Wildman–Crippen LogP) is 5.47. The van der Waals surface area contributed by atoms with Crippen LogP contribution in [-0.4, -0.2) is 52.2 Å². The maximum Gasteiger partial charge on any atom is 0.352 e. The average molecular weight is 671 g/mol. The second kappa shape index (κ2) is 14.9. The predicted molar refractivity (Wildman–Crippen MR) is 183 cm³/mol. The number of carbonyl (C=O) groups is 5. The van der Waals surface area contributed by atoms with Gasteiger partial charge < -0.3 is 20.6 Å². The van der Waals surface area contributed by atoms with Gasteiger partial charge in [0, 0.05) is 37.5 Å². The van der Waals surface area contributed by atoms with Crippen LogP contribution in [0.3, 0.4) is 0 Å². The van der Waals surface area contributed by atoms with Crippen LogP contribution in [0.5, 0.6) is 0 Å². The highest BCUT2D eigenvalue weighted by Gasteiger charge is 2.48. The summed E-state index contributed by atoms with van der Waals surface area (Å²) >= 11 is 6.18. The number of benzene rings is 3. The number of carboxylic acids is 1. The van der Waals surface area contributed by atoms with E-state index in [2.05, 4.69) is 10.6 Å². The molecule has 1 aliphatic carbocycles. The molecule has 1 aliphatic heterocycles. The zero-order valence-corrected chi connectivity index (χ0v) is 27.7. The van der Waals surface area contributed by atoms with Crippen LogP contribution in [0.25, 0.3) is 6.08 Å². The molecule has 0 bridgehead atoms. The number of hydrogen-bond acceptors (Lipinski definition) is 5. The van der Waals surface area contributed by atoms with Crippen molar-refractivity contribution in [3.8, 4) is 0 Å². The summed E-state index contributed by atoms with van der Waals surface area (Å²) in [4.78, 5) is 67.6. The number of carbonyl (C=O) groups excluding carboxylic acids is 4. The van der Waals surface area contributed by atoms with E-state index in [-0.39, 0.29) is 29.3 Å².